The Balaban J connectivity index is 2.33. The first kappa shape index (κ1) is 9.36. The minimum absolute atomic E-state index is 0.00611. The lowest BCUT2D eigenvalue weighted by Crippen LogP contribution is -2.30. The molecule has 1 heterocycles. The molecule has 70 valence electrons. The largest absolute Gasteiger partial charge is 0.447 e. The quantitative estimate of drug-likeness (QED) is 0.602. The van der Waals surface area contributed by atoms with Crippen molar-refractivity contribution in [3.63, 3.8) is 0 Å². The molecule has 3 heteroatoms. The highest BCUT2D eigenvalue weighted by molar-refractivity contribution is 5.68. The van der Waals surface area contributed by atoms with Crippen molar-refractivity contribution in [3.05, 3.63) is 0 Å². The van der Waals surface area contributed by atoms with Gasteiger partial charge in [-0.1, -0.05) is 6.92 Å². The Kier molecular flexibility index (Phi) is 2.95. The third-order valence-corrected chi connectivity index (χ3v) is 2.02. The smallest absolute Gasteiger partial charge is 0.410 e. The van der Waals surface area contributed by atoms with Gasteiger partial charge in [0, 0.05) is 13.1 Å². The van der Waals surface area contributed by atoms with Crippen LogP contribution in [0.3, 0.4) is 0 Å². The van der Waals surface area contributed by atoms with Gasteiger partial charge in [-0.25, -0.2) is 4.79 Å². The van der Waals surface area contributed by atoms with E-state index in [0.29, 0.717) is 5.92 Å². The summed E-state index contributed by atoms with van der Waals surface area (Å²) in [6, 6.07) is 0. The molecule has 0 aromatic rings. The zero-order valence-corrected chi connectivity index (χ0v) is 8.04. The van der Waals surface area contributed by atoms with Crippen LogP contribution in [-0.2, 0) is 4.74 Å². The maximum atomic E-state index is 11.3. The number of hydrogen-bond donors (Lipinski definition) is 0. The summed E-state index contributed by atoms with van der Waals surface area (Å²) in [6.45, 7) is 7.61. The fraction of sp³-hybridized carbons (Fsp3) is 0.889. The van der Waals surface area contributed by atoms with Crippen LogP contribution in [0.25, 0.3) is 0 Å². The number of carbonyl (C=O) groups is 1. The Morgan fingerprint density at radius 2 is 2.25 bits per heavy atom. The van der Waals surface area contributed by atoms with Gasteiger partial charge in [-0.2, -0.15) is 0 Å². The Bertz CT molecular complexity index is 168. The summed E-state index contributed by atoms with van der Waals surface area (Å²) >= 11 is 0. The van der Waals surface area contributed by atoms with E-state index in [4.69, 9.17) is 4.74 Å². The Hall–Kier alpha value is -0.730. The van der Waals surface area contributed by atoms with Crippen LogP contribution in [0.2, 0.25) is 0 Å². The average molecular weight is 171 g/mol. The molecule has 0 spiro atoms. The van der Waals surface area contributed by atoms with Crippen LogP contribution >= 0.6 is 0 Å². The maximum absolute atomic E-state index is 11.3. The summed E-state index contributed by atoms with van der Waals surface area (Å²) in [6.07, 6.45) is 0.940. The molecule has 0 N–H and O–H groups in total. The zero-order valence-electron chi connectivity index (χ0n) is 8.04. The van der Waals surface area contributed by atoms with Gasteiger partial charge in [0.1, 0.15) is 0 Å². The molecule has 1 aliphatic heterocycles. The summed E-state index contributed by atoms with van der Waals surface area (Å²) in [5.74, 6) is 0.629. The maximum Gasteiger partial charge on any atom is 0.410 e. The van der Waals surface area contributed by atoms with Gasteiger partial charge in [-0.3, -0.25) is 0 Å². The molecule has 0 saturated carbocycles. The molecule has 1 aliphatic rings. The predicted molar refractivity (Wildman–Crippen MR) is 47.0 cm³/mol. The van der Waals surface area contributed by atoms with Crippen LogP contribution in [0.4, 0.5) is 4.79 Å². The number of amides is 1. The highest BCUT2D eigenvalue weighted by Gasteiger charge is 2.24. The van der Waals surface area contributed by atoms with Gasteiger partial charge in [0.15, 0.2) is 0 Å². The van der Waals surface area contributed by atoms with Gasteiger partial charge in [-0.05, 0) is 26.2 Å². The SMILES string of the molecule is CC(C)OC(=O)N1CC[C@@H](C)C1. The second-order valence-corrected chi connectivity index (χ2v) is 3.77. The molecule has 0 aromatic carbocycles. The van der Waals surface area contributed by atoms with E-state index in [2.05, 4.69) is 6.92 Å². The Morgan fingerprint density at radius 3 is 2.67 bits per heavy atom. The molecule has 3 nitrogen and oxygen atoms in total. The number of hydrogen-bond acceptors (Lipinski definition) is 2. The Labute approximate surface area is 73.7 Å². The molecule has 1 fully saturated rings. The Morgan fingerprint density at radius 1 is 1.58 bits per heavy atom. The van der Waals surface area contributed by atoms with E-state index >= 15 is 0 Å². The highest BCUT2D eigenvalue weighted by Crippen LogP contribution is 2.16. The molecule has 0 unspecified atom stereocenters. The molecule has 12 heavy (non-hydrogen) atoms. The third kappa shape index (κ3) is 2.40. The summed E-state index contributed by atoms with van der Waals surface area (Å²) in [5, 5.41) is 0. The van der Waals surface area contributed by atoms with Gasteiger partial charge in [0.2, 0.25) is 0 Å². The van der Waals surface area contributed by atoms with Crippen molar-refractivity contribution in [3.8, 4) is 0 Å². The fourth-order valence-corrected chi connectivity index (χ4v) is 1.38. The summed E-state index contributed by atoms with van der Waals surface area (Å²) in [7, 11) is 0. The molecular formula is C9H17NO2. The zero-order chi connectivity index (χ0) is 9.14. The van der Waals surface area contributed by atoms with Crippen molar-refractivity contribution in [2.45, 2.75) is 33.3 Å². The molecule has 0 bridgehead atoms. The van der Waals surface area contributed by atoms with Gasteiger partial charge >= 0.3 is 6.09 Å². The van der Waals surface area contributed by atoms with Crippen LogP contribution in [-0.4, -0.2) is 30.2 Å². The molecule has 1 rings (SSSR count). The van der Waals surface area contributed by atoms with Crippen molar-refractivity contribution in [2.24, 2.45) is 5.92 Å². The average Bonchev–Trinajstić information content (AvgIpc) is 2.34. The lowest BCUT2D eigenvalue weighted by Gasteiger charge is -2.17. The molecular weight excluding hydrogens is 154 g/mol. The van der Waals surface area contributed by atoms with Crippen LogP contribution in [0.15, 0.2) is 0 Å². The van der Waals surface area contributed by atoms with Crippen molar-refractivity contribution in [2.75, 3.05) is 13.1 Å². The van der Waals surface area contributed by atoms with E-state index in [-0.39, 0.29) is 12.2 Å². The minimum atomic E-state index is -0.158. The normalized spacial score (nSPS) is 23.3. The molecule has 1 saturated heterocycles. The second-order valence-electron chi connectivity index (χ2n) is 3.77. The molecule has 1 atom stereocenters. The topological polar surface area (TPSA) is 29.5 Å². The lowest BCUT2D eigenvalue weighted by atomic mass is 10.2. The first-order valence-corrected chi connectivity index (χ1v) is 4.55. The predicted octanol–water partition coefficient (Wildman–Crippen LogP) is 1.87. The number of rotatable bonds is 1. The van der Waals surface area contributed by atoms with Crippen LogP contribution in [0.5, 0.6) is 0 Å². The van der Waals surface area contributed by atoms with E-state index in [0.717, 1.165) is 19.5 Å². The minimum Gasteiger partial charge on any atom is -0.447 e. The standard InChI is InChI=1S/C9H17NO2/c1-7(2)12-9(11)10-5-4-8(3)6-10/h7-8H,4-6H2,1-3H3/t8-/m1/s1. The monoisotopic (exact) mass is 171 g/mol. The number of nitrogens with zero attached hydrogens (tertiary/aromatic N) is 1. The molecule has 0 radical (unpaired) electrons. The second kappa shape index (κ2) is 3.78. The highest BCUT2D eigenvalue weighted by atomic mass is 16.6. The fourth-order valence-electron chi connectivity index (χ4n) is 1.38. The van der Waals surface area contributed by atoms with Gasteiger partial charge < -0.3 is 9.64 Å². The summed E-state index contributed by atoms with van der Waals surface area (Å²) in [5.41, 5.74) is 0. The molecule has 1 amide bonds. The van der Waals surface area contributed by atoms with Crippen molar-refractivity contribution in [1.29, 1.82) is 0 Å². The molecule has 0 aliphatic carbocycles. The van der Waals surface area contributed by atoms with E-state index in [1.807, 2.05) is 13.8 Å². The summed E-state index contributed by atoms with van der Waals surface area (Å²) < 4.78 is 5.07. The van der Waals surface area contributed by atoms with Gasteiger partial charge in [0.25, 0.3) is 0 Å². The van der Waals surface area contributed by atoms with Crippen LogP contribution in [0.1, 0.15) is 27.2 Å². The van der Waals surface area contributed by atoms with Crippen molar-refractivity contribution in [1.82, 2.24) is 4.90 Å². The third-order valence-electron chi connectivity index (χ3n) is 2.02. The van der Waals surface area contributed by atoms with Crippen LogP contribution in [0, 0.1) is 5.92 Å². The summed E-state index contributed by atoms with van der Waals surface area (Å²) in [4.78, 5) is 13.1. The van der Waals surface area contributed by atoms with E-state index in [1.165, 1.54) is 0 Å². The number of likely N-dealkylation sites (tertiary alicyclic amines) is 1. The van der Waals surface area contributed by atoms with E-state index < -0.39 is 0 Å². The van der Waals surface area contributed by atoms with E-state index in [9.17, 15) is 4.79 Å². The van der Waals surface area contributed by atoms with Gasteiger partial charge in [0.05, 0.1) is 6.10 Å². The molecule has 0 aromatic heterocycles. The van der Waals surface area contributed by atoms with Crippen molar-refractivity contribution < 1.29 is 9.53 Å². The van der Waals surface area contributed by atoms with Crippen molar-refractivity contribution >= 4 is 6.09 Å². The van der Waals surface area contributed by atoms with Gasteiger partial charge in [-0.15, -0.1) is 0 Å². The number of carbonyl (C=O) groups excluding carboxylic acids is 1. The first-order chi connectivity index (χ1) is 5.59. The van der Waals surface area contributed by atoms with Crippen LogP contribution < -0.4 is 0 Å². The van der Waals surface area contributed by atoms with E-state index in [1.54, 1.807) is 4.90 Å². The lowest BCUT2D eigenvalue weighted by molar-refractivity contribution is 0.0828. The first-order valence-electron chi connectivity index (χ1n) is 4.55. The number of ether oxygens (including phenoxy) is 1.